The first-order valence-electron chi connectivity index (χ1n) is 6.94. The molecule has 21 heavy (non-hydrogen) atoms. The second-order valence-electron chi connectivity index (χ2n) is 5.68. The van der Waals surface area contributed by atoms with Gasteiger partial charge in [0.2, 0.25) is 5.75 Å². The second-order valence-corrected chi connectivity index (χ2v) is 5.68. The van der Waals surface area contributed by atoms with Gasteiger partial charge < -0.3 is 26.2 Å². The zero-order chi connectivity index (χ0) is 16.2. The van der Waals surface area contributed by atoms with Crippen LogP contribution in [-0.4, -0.2) is 31.9 Å². The molecule has 1 aromatic rings. The Morgan fingerprint density at radius 1 is 1.29 bits per heavy atom. The monoisotopic (exact) mass is 297 g/mol. The highest BCUT2D eigenvalue weighted by Crippen LogP contribution is 2.38. The Morgan fingerprint density at radius 3 is 2.43 bits per heavy atom. The molecule has 0 amide bonds. The molecule has 0 fully saturated rings. The quantitative estimate of drug-likeness (QED) is 0.490. The molecule has 0 saturated carbocycles. The van der Waals surface area contributed by atoms with Crippen LogP contribution in [-0.2, 0) is 11.2 Å². The average molecular weight is 297 g/mol. The molecule has 0 aliphatic heterocycles. The fourth-order valence-electron chi connectivity index (χ4n) is 2.31. The van der Waals surface area contributed by atoms with Crippen LogP contribution in [0.5, 0.6) is 17.2 Å². The molecule has 0 aliphatic rings. The molecule has 6 heteroatoms. The van der Waals surface area contributed by atoms with Crippen LogP contribution in [0.2, 0.25) is 0 Å². The van der Waals surface area contributed by atoms with Crippen LogP contribution in [0.3, 0.4) is 0 Å². The summed E-state index contributed by atoms with van der Waals surface area (Å²) in [4.78, 5) is 11.1. The molecule has 1 aromatic carbocycles. The lowest BCUT2D eigenvalue weighted by Crippen LogP contribution is -2.46. The summed E-state index contributed by atoms with van der Waals surface area (Å²) in [5.74, 6) is -2.19. The van der Waals surface area contributed by atoms with Gasteiger partial charge in [-0.2, -0.15) is 0 Å². The highest BCUT2D eigenvalue weighted by Gasteiger charge is 2.30. The number of aryl methyl sites for hydroxylation is 1. The second kappa shape index (κ2) is 6.67. The lowest BCUT2D eigenvalue weighted by molar-refractivity contribution is -0.143. The fourth-order valence-corrected chi connectivity index (χ4v) is 2.31. The van der Waals surface area contributed by atoms with Gasteiger partial charge in [0.15, 0.2) is 11.5 Å². The summed E-state index contributed by atoms with van der Waals surface area (Å²) in [5.41, 5.74) is 4.99. The van der Waals surface area contributed by atoms with Crippen LogP contribution < -0.4 is 5.73 Å². The van der Waals surface area contributed by atoms with Crippen LogP contribution >= 0.6 is 0 Å². The molecule has 2 atom stereocenters. The number of hydrogen-bond donors (Lipinski definition) is 5. The van der Waals surface area contributed by atoms with Crippen molar-refractivity contribution in [2.45, 2.75) is 45.1 Å². The van der Waals surface area contributed by atoms with Crippen LogP contribution in [0.25, 0.3) is 0 Å². The van der Waals surface area contributed by atoms with E-state index in [2.05, 4.69) is 0 Å². The van der Waals surface area contributed by atoms with Crippen molar-refractivity contribution in [3.8, 4) is 17.2 Å². The molecule has 0 spiro atoms. The largest absolute Gasteiger partial charge is 0.504 e. The summed E-state index contributed by atoms with van der Waals surface area (Å²) in [6, 6.07) is 2.85. The molecule has 0 aliphatic carbocycles. The normalized spacial score (nSPS) is 15.4. The molecule has 118 valence electrons. The van der Waals surface area contributed by atoms with Gasteiger partial charge in [0.1, 0.15) is 5.54 Å². The topological polar surface area (TPSA) is 124 Å². The Kier molecular flexibility index (Phi) is 5.43. The van der Waals surface area contributed by atoms with E-state index in [1.54, 1.807) is 0 Å². The first kappa shape index (κ1) is 17.1. The lowest BCUT2D eigenvalue weighted by atomic mass is 9.84. The van der Waals surface area contributed by atoms with Crippen LogP contribution in [0.4, 0.5) is 0 Å². The maximum Gasteiger partial charge on any atom is 0.323 e. The van der Waals surface area contributed by atoms with Crippen molar-refractivity contribution in [3.05, 3.63) is 17.7 Å². The minimum Gasteiger partial charge on any atom is -0.504 e. The zero-order valence-electron chi connectivity index (χ0n) is 12.3. The minimum atomic E-state index is -1.28. The number of benzene rings is 1. The van der Waals surface area contributed by atoms with Gasteiger partial charge in [-0.3, -0.25) is 4.79 Å². The highest BCUT2D eigenvalue weighted by molar-refractivity contribution is 5.77. The summed E-state index contributed by atoms with van der Waals surface area (Å²) < 4.78 is 0. The molecule has 0 saturated heterocycles. The van der Waals surface area contributed by atoms with E-state index in [0.717, 1.165) is 6.42 Å². The molecule has 2 unspecified atom stereocenters. The van der Waals surface area contributed by atoms with E-state index >= 15 is 0 Å². The van der Waals surface area contributed by atoms with Crippen LogP contribution in [0.1, 0.15) is 38.7 Å². The Morgan fingerprint density at radius 2 is 1.90 bits per heavy atom. The molecule has 6 N–H and O–H groups in total. The predicted molar refractivity (Wildman–Crippen MR) is 78.4 cm³/mol. The molecule has 0 bridgehead atoms. The van der Waals surface area contributed by atoms with Gasteiger partial charge in [-0.1, -0.05) is 19.4 Å². The summed E-state index contributed by atoms with van der Waals surface area (Å²) in [6.45, 7) is 3.44. The first-order valence-corrected chi connectivity index (χ1v) is 6.94. The minimum absolute atomic E-state index is 0.0893. The lowest BCUT2D eigenvalue weighted by Gasteiger charge is -2.25. The molecular formula is C15H23NO5. The fraction of sp³-hybridized carbons (Fsp3) is 0.533. The number of aliphatic carboxylic acids is 1. The third-order valence-electron chi connectivity index (χ3n) is 3.81. The number of carboxylic acids is 1. The third kappa shape index (κ3) is 4.26. The van der Waals surface area contributed by atoms with E-state index in [-0.39, 0.29) is 17.4 Å². The molecule has 0 heterocycles. The number of rotatable bonds is 7. The van der Waals surface area contributed by atoms with E-state index in [1.807, 2.05) is 6.92 Å². The maximum atomic E-state index is 11.1. The van der Waals surface area contributed by atoms with Gasteiger partial charge in [-0.05, 0) is 43.7 Å². The summed E-state index contributed by atoms with van der Waals surface area (Å²) >= 11 is 0. The number of nitrogens with two attached hydrogens (primary N) is 1. The molecular weight excluding hydrogens is 274 g/mol. The van der Waals surface area contributed by atoms with E-state index in [4.69, 9.17) is 10.8 Å². The average Bonchev–Trinajstić information content (AvgIpc) is 2.42. The van der Waals surface area contributed by atoms with Crippen molar-refractivity contribution in [2.24, 2.45) is 11.7 Å². The maximum absolute atomic E-state index is 11.1. The smallest absolute Gasteiger partial charge is 0.323 e. The number of phenolic OH excluding ortho intramolecular Hbond substituents is 3. The Balaban J connectivity index is 2.72. The first-order chi connectivity index (χ1) is 9.69. The van der Waals surface area contributed by atoms with Crippen molar-refractivity contribution >= 4 is 5.97 Å². The van der Waals surface area contributed by atoms with Crippen molar-refractivity contribution < 1.29 is 25.2 Å². The van der Waals surface area contributed by atoms with E-state index in [1.165, 1.54) is 19.1 Å². The standard InChI is InChI=1S/C15H23NO5/c1-3-9(8-15(2,16)14(20)21)4-5-10-6-7-11(17)13(19)12(10)18/h6-7,9,17-19H,3-5,8,16H2,1-2H3,(H,20,21). The van der Waals surface area contributed by atoms with Gasteiger partial charge in [-0.25, -0.2) is 0 Å². The van der Waals surface area contributed by atoms with Gasteiger partial charge >= 0.3 is 5.97 Å². The Bertz CT molecular complexity index is 513. The van der Waals surface area contributed by atoms with Gasteiger partial charge in [0.25, 0.3) is 0 Å². The SMILES string of the molecule is CCC(CCc1ccc(O)c(O)c1O)CC(C)(N)C(=O)O. The van der Waals surface area contributed by atoms with Gasteiger partial charge in [0, 0.05) is 0 Å². The Hall–Kier alpha value is -1.95. The van der Waals surface area contributed by atoms with Crippen molar-refractivity contribution in [2.75, 3.05) is 0 Å². The molecule has 1 rings (SSSR count). The summed E-state index contributed by atoms with van der Waals surface area (Å²) in [5, 5.41) is 37.6. The van der Waals surface area contributed by atoms with E-state index in [9.17, 15) is 20.1 Å². The number of carbonyl (C=O) groups is 1. The molecule has 0 aromatic heterocycles. The van der Waals surface area contributed by atoms with Crippen molar-refractivity contribution in [1.82, 2.24) is 0 Å². The number of hydrogen-bond acceptors (Lipinski definition) is 5. The van der Waals surface area contributed by atoms with Crippen molar-refractivity contribution in [1.29, 1.82) is 0 Å². The number of phenols is 3. The summed E-state index contributed by atoms with van der Waals surface area (Å²) in [6.07, 6.45) is 2.21. The summed E-state index contributed by atoms with van der Waals surface area (Å²) in [7, 11) is 0. The zero-order valence-corrected chi connectivity index (χ0v) is 12.3. The van der Waals surface area contributed by atoms with E-state index < -0.39 is 17.3 Å². The number of carboxylic acid groups (broad SMARTS) is 1. The number of aromatic hydroxyl groups is 3. The van der Waals surface area contributed by atoms with Gasteiger partial charge in [-0.15, -0.1) is 0 Å². The Labute approximate surface area is 123 Å². The van der Waals surface area contributed by atoms with Crippen LogP contribution in [0, 0.1) is 5.92 Å². The van der Waals surface area contributed by atoms with Crippen LogP contribution in [0.15, 0.2) is 12.1 Å². The van der Waals surface area contributed by atoms with Crippen molar-refractivity contribution in [3.63, 3.8) is 0 Å². The van der Waals surface area contributed by atoms with E-state index in [0.29, 0.717) is 24.8 Å². The predicted octanol–water partition coefficient (Wildman–Crippen LogP) is 1.95. The third-order valence-corrected chi connectivity index (χ3v) is 3.81. The molecule has 6 nitrogen and oxygen atoms in total. The van der Waals surface area contributed by atoms with Gasteiger partial charge in [0.05, 0.1) is 0 Å². The highest BCUT2D eigenvalue weighted by atomic mass is 16.4. The molecule has 0 radical (unpaired) electrons.